The van der Waals surface area contributed by atoms with Gasteiger partial charge in [-0.05, 0) is 109 Å². The monoisotopic (exact) mass is 685 g/mol. The second-order valence-corrected chi connectivity index (χ2v) is 14.4. The molecule has 10 aromatic carbocycles. The van der Waals surface area contributed by atoms with E-state index >= 15 is 0 Å². The van der Waals surface area contributed by atoms with Crippen LogP contribution >= 0.6 is 0 Å². The van der Waals surface area contributed by atoms with Crippen molar-refractivity contribution in [2.75, 3.05) is 0 Å². The van der Waals surface area contributed by atoms with E-state index in [1.807, 2.05) is 0 Å². The minimum absolute atomic E-state index is 0.882. The van der Waals surface area contributed by atoms with Crippen LogP contribution in [0.4, 0.5) is 0 Å². The third-order valence-corrected chi connectivity index (χ3v) is 11.5. The molecule has 1 aromatic heterocycles. The van der Waals surface area contributed by atoms with E-state index in [-0.39, 0.29) is 0 Å². The normalized spacial score (nSPS) is 12.2. The molecule has 0 fully saturated rings. The SMILES string of the molecule is c1ccc(-c2cc3cc4c5c(cccc5c3c3ccccc23)Oc2ccc(-c3cccc5c3c3ccccc3n5-c3cccc5ccccc35)cc2-4)cc1. The van der Waals surface area contributed by atoms with Crippen LogP contribution in [0.2, 0.25) is 0 Å². The van der Waals surface area contributed by atoms with Crippen molar-refractivity contribution in [2.24, 2.45) is 0 Å². The Balaban J connectivity index is 1.12. The molecule has 2 heteroatoms. The molecule has 0 atom stereocenters. The molecule has 0 aliphatic carbocycles. The van der Waals surface area contributed by atoms with Crippen molar-refractivity contribution in [2.45, 2.75) is 0 Å². The lowest BCUT2D eigenvalue weighted by atomic mass is 9.85. The average Bonchev–Trinajstić information content (AvgIpc) is 3.58. The first-order chi connectivity index (χ1) is 26.8. The number of ether oxygens (including phenoxy) is 1. The highest BCUT2D eigenvalue weighted by atomic mass is 16.5. The highest BCUT2D eigenvalue weighted by Gasteiger charge is 2.25. The molecule has 1 aliphatic heterocycles. The molecule has 11 aromatic rings. The van der Waals surface area contributed by atoms with Crippen molar-refractivity contribution in [3.63, 3.8) is 0 Å². The van der Waals surface area contributed by atoms with Gasteiger partial charge in [-0.2, -0.15) is 0 Å². The molecule has 0 spiro atoms. The standard InChI is InChI=1S/C52H31NO/c1-2-13-33(14-3-1)42-30-35-31-44-43-29-34(27-28-48(43)54-49-26-12-22-41(52(44)49)50(35)39-19-7-6-18-38(39)42)37-21-11-25-47-51(37)40-20-8-9-23-46(40)53(47)45-24-10-16-32-15-4-5-17-36(32)45/h1-31H. The second kappa shape index (κ2) is 11.2. The van der Waals surface area contributed by atoms with Gasteiger partial charge < -0.3 is 9.30 Å². The van der Waals surface area contributed by atoms with E-state index in [2.05, 4.69) is 193 Å². The molecule has 2 heterocycles. The highest BCUT2D eigenvalue weighted by Crippen LogP contribution is 2.52. The number of hydrogen-bond donors (Lipinski definition) is 0. The van der Waals surface area contributed by atoms with Gasteiger partial charge in [0.2, 0.25) is 0 Å². The van der Waals surface area contributed by atoms with Crippen molar-refractivity contribution in [3.8, 4) is 50.6 Å². The van der Waals surface area contributed by atoms with E-state index in [0.29, 0.717) is 0 Å². The average molecular weight is 686 g/mol. The molecule has 12 rings (SSSR count). The lowest BCUT2D eigenvalue weighted by Crippen LogP contribution is -1.99. The third-order valence-electron chi connectivity index (χ3n) is 11.5. The molecule has 0 unspecified atom stereocenters. The molecule has 250 valence electrons. The molecule has 0 bridgehead atoms. The quantitative estimate of drug-likeness (QED) is 0.169. The van der Waals surface area contributed by atoms with Crippen molar-refractivity contribution in [3.05, 3.63) is 188 Å². The predicted molar refractivity (Wildman–Crippen MR) is 227 cm³/mol. The first kappa shape index (κ1) is 29.4. The molecular weight excluding hydrogens is 655 g/mol. The molecule has 2 nitrogen and oxygen atoms in total. The Bertz CT molecular complexity index is 3350. The summed E-state index contributed by atoms with van der Waals surface area (Å²) in [5, 5.41) is 12.3. The van der Waals surface area contributed by atoms with E-state index in [1.165, 1.54) is 93.0 Å². The largest absolute Gasteiger partial charge is 0.456 e. The number of hydrogen-bond acceptors (Lipinski definition) is 1. The summed E-state index contributed by atoms with van der Waals surface area (Å²) in [5.74, 6) is 1.79. The van der Waals surface area contributed by atoms with Crippen LogP contribution in [0.1, 0.15) is 0 Å². The summed E-state index contributed by atoms with van der Waals surface area (Å²) in [6.07, 6.45) is 0. The van der Waals surface area contributed by atoms with Crippen LogP contribution in [0.5, 0.6) is 11.5 Å². The van der Waals surface area contributed by atoms with Crippen LogP contribution in [-0.4, -0.2) is 4.57 Å². The maximum atomic E-state index is 6.75. The Hall–Kier alpha value is -7.16. The summed E-state index contributed by atoms with van der Waals surface area (Å²) in [6, 6.07) is 68.4. The van der Waals surface area contributed by atoms with Gasteiger partial charge >= 0.3 is 0 Å². The van der Waals surface area contributed by atoms with Gasteiger partial charge in [0.1, 0.15) is 11.5 Å². The van der Waals surface area contributed by atoms with Crippen LogP contribution in [0.25, 0.3) is 104 Å². The molecule has 0 saturated carbocycles. The fourth-order valence-corrected chi connectivity index (χ4v) is 9.25. The maximum absolute atomic E-state index is 6.75. The van der Waals surface area contributed by atoms with Crippen molar-refractivity contribution in [1.82, 2.24) is 4.57 Å². The lowest BCUT2D eigenvalue weighted by molar-refractivity contribution is 0.487. The highest BCUT2D eigenvalue weighted by molar-refractivity contribution is 6.27. The first-order valence-corrected chi connectivity index (χ1v) is 18.6. The Kier molecular flexibility index (Phi) is 6.09. The van der Waals surface area contributed by atoms with Gasteiger partial charge in [-0.15, -0.1) is 0 Å². The fourth-order valence-electron chi connectivity index (χ4n) is 9.25. The molecule has 0 N–H and O–H groups in total. The Labute approximate surface area is 311 Å². The van der Waals surface area contributed by atoms with E-state index in [9.17, 15) is 0 Å². The van der Waals surface area contributed by atoms with E-state index in [1.54, 1.807) is 0 Å². The summed E-state index contributed by atoms with van der Waals surface area (Å²) in [5.41, 5.74) is 10.7. The van der Waals surface area contributed by atoms with Gasteiger partial charge in [0.15, 0.2) is 0 Å². The van der Waals surface area contributed by atoms with Gasteiger partial charge in [-0.25, -0.2) is 0 Å². The maximum Gasteiger partial charge on any atom is 0.135 e. The van der Waals surface area contributed by atoms with Crippen LogP contribution < -0.4 is 4.74 Å². The minimum atomic E-state index is 0.882. The molecule has 0 saturated heterocycles. The van der Waals surface area contributed by atoms with Crippen LogP contribution in [-0.2, 0) is 0 Å². The fraction of sp³-hybridized carbons (Fsp3) is 0. The number of aromatic nitrogens is 1. The molecule has 1 aliphatic rings. The molecular formula is C52H31NO. The Morgan fingerprint density at radius 2 is 1.00 bits per heavy atom. The molecule has 54 heavy (non-hydrogen) atoms. The van der Waals surface area contributed by atoms with E-state index in [4.69, 9.17) is 4.74 Å². The number of rotatable bonds is 3. The summed E-state index contributed by atoms with van der Waals surface area (Å²) >= 11 is 0. The molecule has 0 amide bonds. The lowest BCUT2D eigenvalue weighted by Gasteiger charge is -2.24. The summed E-state index contributed by atoms with van der Waals surface area (Å²) in [6.45, 7) is 0. The number of para-hydroxylation sites is 1. The summed E-state index contributed by atoms with van der Waals surface area (Å²) in [4.78, 5) is 0. The topological polar surface area (TPSA) is 14.2 Å². The predicted octanol–water partition coefficient (Wildman–Crippen LogP) is 14.5. The minimum Gasteiger partial charge on any atom is -0.456 e. The van der Waals surface area contributed by atoms with E-state index in [0.717, 1.165) is 22.4 Å². The second-order valence-electron chi connectivity index (χ2n) is 14.4. The van der Waals surface area contributed by atoms with Crippen LogP contribution in [0.15, 0.2) is 188 Å². The van der Waals surface area contributed by atoms with Crippen molar-refractivity contribution < 1.29 is 4.74 Å². The van der Waals surface area contributed by atoms with Crippen molar-refractivity contribution >= 4 is 64.9 Å². The summed E-state index contributed by atoms with van der Waals surface area (Å²) < 4.78 is 9.19. The molecule has 0 radical (unpaired) electrons. The third kappa shape index (κ3) is 4.11. The first-order valence-electron chi connectivity index (χ1n) is 18.6. The Morgan fingerprint density at radius 1 is 0.315 bits per heavy atom. The number of benzene rings is 10. The van der Waals surface area contributed by atoms with Gasteiger partial charge in [-0.1, -0.05) is 140 Å². The number of fused-ring (bicyclic) bond motifs is 10. The van der Waals surface area contributed by atoms with Crippen LogP contribution in [0.3, 0.4) is 0 Å². The number of nitrogens with zero attached hydrogens (tertiary/aromatic N) is 1. The van der Waals surface area contributed by atoms with Crippen LogP contribution in [0, 0.1) is 0 Å². The summed E-state index contributed by atoms with van der Waals surface area (Å²) in [7, 11) is 0. The van der Waals surface area contributed by atoms with Gasteiger partial charge in [-0.3, -0.25) is 0 Å². The zero-order chi connectivity index (χ0) is 35.3. The smallest absolute Gasteiger partial charge is 0.135 e. The van der Waals surface area contributed by atoms with Gasteiger partial charge in [0.25, 0.3) is 0 Å². The van der Waals surface area contributed by atoms with Gasteiger partial charge in [0, 0.05) is 27.1 Å². The van der Waals surface area contributed by atoms with Crippen molar-refractivity contribution in [1.29, 1.82) is 0 Å². The Morgan fingerprint density at radius 3 is 1.91 bits per heavy atom. The zero-order valence-electron chi connectivity index (χ0n) is 29.3. The van der Waals surface area contributed by atoms with Gasteiger partial charge in [0.05, 0.1) is 16.7 Å². The zero-order valence-corrected chi connectivity index (χ0v) is 29.3. The van der Waals surface area contributed by atoms with E-state index < -0.39 is 0 Å².